The molecule has 0 aliphatic carbocycles. The Balaban J connectivity index is 2.14. The second kappa shape index (κ2) is 6.47. The summed E-state index contributed by atoms with van der Waals surface area (Å²) < 4.78 is 13.7. The number of thiophene rings is 1. The van der Waals surface area contributed by atoms with Crippen molar-refractivity contribution in [1.82, 2.24) is 0 Å². The Bertz CT molecular complexity index is 658. The lowest BCUT2D eigenvalue weighted by atomic mass is 10.2. The summed E-state index contributed by atoms with van der Waals surface area (Å²) in [4.78, 5) is 23.7. The van der Waals surface area contributed by atoms with Crippen molar-refractivity contribution < 1.29 is 14.0 Å². The molecule has 2 aromatic rings. The molecule has 7 heteroatoms. The topological polar surface area (TPSA) is 84.2 Å². The van der Waals surface area contributed by atoms with Crippen molar-refractivity contribution in [2.24, 2.45) is 5.73 Å². The third-order valence-electron chi connectivity index (χ3n) is 2.68. The molecular weight excluding hydrogens is 293 g/mol. The van der Waals surface area contributed by atoms with E-state index in [-0.39, 0.29) is 11.6 Å². The number of anilines is 2. The van der Waals surface area contributed by atoms with Crippen LogP contribution in [-0.2, 0) is 9.59 Å². The van der Waals surface area contributed by atoms with Gasteiger partial charge in [-0.15, -0.1) is 11.3 Å². The zero-order valence-electron chi connectivity index (χ0n) is 11.2. The van der Waals surface area contributed by atoms with Crippen molar-refractivity contribution in [2.45, 2.75) is 13.0 Å². The Hall–Kier alpha value is -2.25. The number of benzene rings is 1. The maximum atomic E-state index is 13.7. The van der Waals surface area contributed by atoms with Gasteiger partial charge in [0.25, 0.3) is 0 Å². The highest BCUT2D eigenvalue weighted by Crippen LogP contribution is 2.22. The summed E-state index contributed by atoms with van der Waals surface area (Å²) in [5.41, 5.74) is 6.17. The lowest BCUT2D eigenvalue weighted by Crippen LogP contribution is -2.27. The molecule has 0 saturated carbocycles. The molecule has 4 N–H and O–H groups in total. The molecule has 0 saturated heterocycles. The van der Waals surface area contributed by atoms with Gasteiger partial charge in [-0.05, 0) is 29.6 Å². The van der Waals surface area contributed by atoms with E-state index in [9.17, 15) is 14.0 Å². The Kier molecular flexibility index (Phi) is 4.66. The van der Waals surface area contributed by atoms with Gasteiger partial charge in [-0.3, -0.25) is 9.59 Å². The first-order valence-corrected chi connectivity index (χ1v) is 7.02. The van der Waals surface area contributed by atoms with Gasteiger partial charge in [0, 0.05) is 17.5 Å². The summed E-state index contributed by atoms with van der Waals surface area (Å²) >= 11 is 1.35. The summed E-state index contributed by atoms with van der Waals surface area (Å²) in [5.74, 6) is -1.40. The first-order chi connectivity index (χ1) is 9.97. The molecule has 0 bridgehead atoms. The molecule has 0 spiro atoms. The van der Waals surface area contributed by atoms with Crippen LogP contribution in [0.1, 0.15) is 17.8 Å². The number of hydrogen-bond donors (Lipinski definition) is 3. The fourth-order valence-corrected chi connectivity index (χ4v) is 2.44. The van der Waals surface area contributed by atoms with Gasteiger partial charge in [-0.1, -0.05) is 6.07 Å². The molecule has 2 amide bonds. The molecule has 5 nitrogen and oxygen atoms in total. The Morgan fingerprint density at radius 3 is 2.67 bits per heavy atom. The predicted molar refractivity (Wildman–Crippen MR) is 80.6 cm³/mol. The number of hydrogen-bond acceptors (Lipinski definition) is 4. The van der Waals surface area contributed by atoms with E-state index in [0.29, 0.717) is 10.6 Å². The molecule has 2 rings (SSSR count). The van der Waals surface area contributed by atoms with Gasteiger partial charge >= 0.3 is 0 Å². The van der Waals surface area contributed by atoms with Crippen molar-refractivity contribution in [3.05, 3.63) is 46.4 Å². The normalized spacial score (nSPS) is 11.8. The quantitative estimate of drug-likeness (QED) is 0.811. The van der Waals surface area contributed by atoms with E-state index < -0.39 is 17.8 Å². The van der Waals surface area contributed by atoms with Crippen LogP contribution >= 0.6 is 11.3 Å². The largest absolute Gasteiger partial charge is 0.326 e. The number of amides is 2. The molecule has 0 fully saturated rings. The predicted octanol–water partition coefficient (Wildman–Crippen LogP) is 2.48. The molecule has 0 radical (unpaired) electrons. The van der Waals surface area contributed by atoms with Crippen LogP contribution in [0.5, 0.6) is 0 Å². The van der Waals surface area contributed by atoms with E-state index in [1.54, 1.807) is 17.5 Å². The maximum Gasteiger partial charge on any atom is 0.246 e. The van der Waals surface area contributed by atoms with Gasteiger partial charge < -0.3 is 16.4 Å². The second-order valence-electron chi connectivity index (χ2n) is 4.36. The van der Waals surface area contributed by atoms with Crippen LogP contribution in [0.25, 0.3) is 0 Å². The third-order valence-corrected chi connectivity index (χ3v) is 3.63. The smallest absolute Gasteiger partial charge is 0.246 e. The van der Waals surface area contributed by atoms with Gasteiger partial charge in [-0.2, -0.15) is 0 Å². The molecule has 1 heterocycles. The molecule has 0 aliphatic heterocycles. The van der Waals surface area contributed by atoms with Crippen LogP contribution in [-0.4, -0.2) is 11.8 Å². The van der Waals surface area contributed by atoms with E-state index in [0.717, 1.165) is 6.07 Å². The van der Waals surface area contributed by atoms with Crippen molar-refractivity contribution in [1.29, 1.82) is 0 Å². The zero-order chi connectivity index (χ0) is 15.4. The summed E-state index contributed by atoms with van der Waals surface area (Å²) in [7, 11) is 0. The van der Waals surface area contributed by atoms with Crippen LogP contribution in [0, 0.1) is 5.82 Å². The number of nitrogens with two attached hydrogens (primary N) is 1. The molecule has 1 aromatic carbocycles. The van der Waals surface area contributed by atoms with Crippen LogP contribution in [0.2, 0.25) is 0 Å². The van der Waals surface area contributed by atoms with E-state index in [1.165, 1.54) is 30.4 Å². The minimum absolute atomic E-state index is 0.0294. The fourth-order valence-electron chi connectivity index (χ4n) is 1.71. The first kappa shape index (κ1) is 15.1. The highest BCUT2D eigenvalue weighted by molar-refractivity contribution is 7.10. The molecule has 21 heavy (non-hydrogen) atoms. The highest BCUT2D eigenvalue weighted by Gasteiger charge is 2.18. The minimum Gasteiger partial charge on any atom is -0.326 e. The van der Waals surface area contributed by atoms with Crippen molar-refractivity contribution in [2.75, 3.05) is 10.6 Å². The van der Waals surface area contributed by atoms with Crippen molar-refractivity contribution in [3.63, 3.8) is 0 Å². The van der Waals surface area contributed by atoms with Crippen LogP contribution in [0.15, 0.2) is 35.7 Å². The standard InChI is InChI=1S/C14H14FN3O2S/c1-8(19)17-9-4-5-10(15)11(7-9)18-14(20)13(16)12-3-2-6-21-12/h2-7,13H,16H2,1H3,(H,17,19)(H,18,20). The highest BCUT2D eigenvalue weighted by atomic mass is 32.1. The van der Waals surface area contributed by atoms with Crippen molar-refractivity contribution in [3.8, 4) is 0 Å². The van der Waals surface area contributed by atoms with Gasteiger partial charge in [0.2, 0.25) is 11.8 Å². The van der Waals surface area contributed by atoms with Gasteiger partial charge in [0.05, 0.1) is 5.69 Å². The van der Waals surface area contributed by atoms with Gasteiger partial charge in [0.15, 0.2) is 0 Å². The summed E-state index contributed by atoms with van der Waals surface area (Å²) in [6, 6.07) is 6.57. The Morgan fingerprint density at radius 2 is 2.05 bits per heavy atom. The average molecular weight is 307 g/mol. The number of carbonyl (C=O) groups is 2. The number of nitrogens with one attached hydrogen (secondary N) is 2. The lowest BCUT2D eigenvalue weighted by molar-refractivity contribution is -0.117. The summed E-state index contributed by atoms with van der Waals surface area (Å²) in [6.45, 7) is 1.34. The molecule has 1 unspecified atom stereocenters. The van der Waals surface area contributed by atoms with Crippen molar-refractivity contribution >= 4 is 34.5 Å². The SMILES string of the molecule is CC(=O)Nc1ccc(F)c(NC(=O)C(N)c2cccs2)c1. The molecule has 0 aliphatic rings. The monoisotopic (exact) mass is 307 g/mol. The lowest BCUT2D eigenvalue weighted by Gasteiger charge is -2.12. The van der Waals surface area contributed by atoms with E-state index in [4.69, 9.17) is 5.73 Å². The third kappa shape index (κ3) is 3.87. The number of carbonyl (C=O) groups excluding carboxylic acids is 2. The van der Waals surface area contributed by atoms with Crippen LogP contribution in [0.4, 0.5) is 15.8 Å². The first-order valence-electron chi connectivity index (χ1n) is 6.14. The summed E-state index contributed by atoms with van der Waals surface area (Å²) in [5, 5.41) is 6.75. The Labute approximate surface area is 125 Å². The molecular formula is C14H14FN3O2S. The number of halogens is 1. The molecule has 1 atom stereocenters. The van der Waals surface area contributed by atoms with Gasteiger partial charge in [-0.25, -0.2) is 4.39 Å². The van der Waals surface area contributed by atoms with E-state index >= 15 is 0 Å². The maximum absolute atomic E-state index is 13.7. The zero-order valence-corrected chi connectivity index (χ0v) is 12.0. The number of rotatable bonds is 4. The van der Waals surface area contributed by atoms with Gasteiger partial charge in [0.1, 0.15) is 11.9 Å². The Morgan fingerprint density at radius 1 is 1.29 bits per heavy atom. The van der Waals surface area contributed by atoms with Crippen LogP contribution in [0.3, 0.4) is 0 Å². The molecule has 1 aromatic heterocycles. The van der Waals surface area contributed by atoms with E-state index in [1.807, 2.05) is 0 Å². The van der Waals surface area contributed by atoms with E-state index in [2.05, 4.69) is 10.6 Å². The van der Waals surface area contributed by atoms with Crippen LogP contribution < -0.4 is 16.4 Å². The average Bonchev–Trinajstić information content (AvgIpc) is 2.95. The fraction of sp³-hybridized carbons (Fsp3) is 0.143. The minimum atomic E-state index is -0.867. The second-order valence-corrected chi connectivity index (χ2v) is 5.34. The molecule has 110 valence electrons. The summed E-state index contributed by atoms with van der Waals surface area (Å²) in [6.07, 6.45) is 0.